The summed E-state index contributed by atoms with van der Waals surface area (Å²) in [4.78, 5) is 12.7. The van der Waals surface area contributed by atoms with Crippen LogP contribution in [0, 0.1) is 12.8 Å². The van der Waals surface area contributed by atoms with Crippen LogP contribution in [0.15, 0.2) is 18.1 Å². The monoisotopic (exact) mass is 422 g/mol. The normalized spacial score (nSPS) is 40.0. The first kappa shape index (κ1) is 8.73. The predicted molar refractivity (Wildman–Crippen MR) is 117 cm³/mol. The molecule has 2 aliphatic rings. The van der Waals surface area contributed by atoms with E-state index in [1.54, 1.807) is 0 Å². The molecule has 1 heterocycles. The summed E-state index contributed by atoms with van der Waals surface area (Å²) in [5.74, 6) is -0.507. The summed E-state index contributed by atoms with van der Waals surface area (Å²) in [7, 11) is 1.12. The first-order valence-corrected chi connectivity index (χ1v) is 9.44. The van der Waals surface area contributed by atoms with Crippen LogP contribution < -0.4 is 10.2 Å². The summed E-state index contributed by atoms with van der Waals surface area (Å²) in [5, 5.41) is 2.07. The fourth-order valence-corrected chi connectivity index (χ4v) is 3.25. The minimum atomic E-state index is -3.58. The first-order valence-electron chi connectivity index (χ1n) is 17.1. The molecule has 2 fully saturated rings. The number of hydrogen-bond acceptors (Lipinski definition) is 3. The molecule has 1 saturated heterocycles. The number of halogens is 1. The highest BCUT2D eigenvalue weighted by Gasteiger charge is 2.24. The molecule has 3 rings (SSSR count). The second-order valence-electron chi connectivity index (χ2n) is 6.87. The van der Waals surface area contributed by atoms with E-state index in [9.17, 15) is 4.79 Å². The van der Waals surface area contributed by atoms with Gasteiger partial charge in [0, 0.05) is 58.4 Å². The molecule has 156 valence electrons. The average Bonchev–Trinajstić information content (AvgIpc) is 2.87. The van der Waals surface area contributed by atoms with Gasteiger partial charge in [0.25, 0.3) is 0 Å². The lowest BCUT2D eigenvalue weighted by molar-refractivity contribution is 0.194. The smallest absolute Gasteiger partial charge is 0.317 e. The number of nitrogens with one attached hydrogen (secondary N) is 1. The third-order valence-corrected chi connectivity index (χ3v) is 5.22. The van der Waals surface area contributed by atoms with Gasteiger partial charge in [-0.2, -0.15) is 0 Å². The number of benzene rings is 1. The van der Waals surface area contributed by atoms with Gasteiger partial charge in [-0.3, -0.25) is 4.90 Å². The fourth-order valence-electron chi connectivity index (χ4n) is 3.08. The summed E-state index contributed by atoms with van der Waals surface area (Å²) in [6.07, 6.45) is 0.638. The summed E-state index contributed by atoms with van der Waals surface area (Å²) in [6.45, 7) is -18.6. The van der Waals surface area contributed by atoms with Crippen LogP contribution in [0.25, 0.3) is 0 Å². The number of piperazine rings is 1. The Balaban J connectivity index is 1.94. The largest absolute Gasteiger partial charge is 0.368 e. The molecule has 6 heteroatoms. The van der Waals surface area contributed by atoms with Gasteiger partial charge in [-0.05, 0) is 63.0 Å². The molecule has 1 N–H and O–H groups in total. The summed E-state index contributed by atoms with van der Waals surface area (Å²) in [5.41, 5.74) is -0.970. The van der Waals surface area contributed by atoms with Crippen molar-refractivity contribution in [3.8, 4) is 0 Å². The zero-order chi connectivity index (χ0) is 34.2. The predicted octanol–water partition coefficient (Wildman–Crippen LogP) is 3.99. The summed E-state index contributed by atoms with van der Waals surface area (Å²) in [6, 6.07) is -3.42. The molecule has 28 heavy (non-hydrogen) atoms. The Bertz CT molecular complexity index is 1220. The Labute approximate surface area is 197 Å². The minimum absolute atomic E-state index is 0.00585. The highest BCUT2D eigenvalue weighted by atomic mass is 35.5. The van der Waals surface area contributed by atoms with Crippen molar-refractivity contribution in [1.29, 1.82) is 0 Å². The Morgan fingerprint density at radius 2 is 2.07 bits per heavy atom. The molecule has 2 amide bonds. The van der Waals surface area contributed by atoms with Gasteiger partial charge < -0.3 is 15.1 Å². The molecule has 1 aromatic carbocycles. The van der Waals surface area contributed by atoms with E-state index >= 15 is 0 Å². The fraction of sp³-hybridized carbons (Fsp3) is 0.682. The van der Waals surface area contributed by atoms with Crippen LogP contribution in [-0.2, 0) is 0 Å². The molecule has 0 unspecified atom stereocenters. The van der Waals surface area contributed by atoms with Crippen molar-refractivity contribution in [2.45, 2.75) is 45.1 Å². The molecule has 1 aliphatic carbocycles. The second kappa shape index (κ2) is 9.84. The van der Waals surface area contributed by atoms with Crippen molar-refractivity contribution in [2.24, 2.45) is 5.92 Å². The second-order valence-corrected chi connectivity index (χ2v) is 7.25. The topological polar surface area (TPSA) is 38.8 Å². The number of anilines is 1. The van der Waals surface area contributed by atoms with Gasteiger partial charge >= 0.3 is 6.03 Å². The van der Waals surface area contributed by atoms with Crippen LogP contribution >= 0.6 is 11.6 Å². The van der Waals surface area contributed by atoms with Crippen molar-refractivity contribution in [2.75, 3.05) is 51.4 Å². The van der Waals surface area contributed by atoms with E-state index < -0.39 is 92.7 Å². The van der Waals surface area contributed by atoms with Crippen LogP contribution in [0.5, 0.6) is 0 Å². The molecule has 0 bridgehead atoms. The maximum atomic E-state index is 12.3. The molecule has 0 radical (unpaired) electrons. The molecule has 0 spiro atoms. The Kier molecular flexibility index (Phi) is 3.07. The Morgan fingerprint density at radius 3 is 2.75 bits per heavy atom. The van der Waals surface area contributed by atoms with Crippen LogP contribution in [0.2, 0.25) is 5.02 Å². The summed E-state index contributed by atoms with van der Waals surface area (Å²) < 4.78 is 134. The lowest BCUT2D eigenvalue weighted by Gasteiger charge is -2.37. The minimum Gasteiger partial charge on any atom is -0.368 e. The zero-order valence-electron chi connectivity index (χ0n) is 31.8. The van der Waals surface area contributed by atoms with Crippen molar-refractivity contribution >= 4 is 23.3 Å². The first-order chi connectivity index (χ1) is 19.7. The molecule has 0 atom stereocenters. The van der Waals surface area contributed by atoms with E-state index in [2.05, 4.69) is 5.32 Å². The molecule has 5 nitrogen and oxygen atoms in total. The SMILES string of the molecule is [2H]c1c([2H])c(C)c(Cl)c(N2C([2H])([2H])C([2H])([2H])N(C([2H])([2H])CC3CCC(NC(=O)N(C)C([2H])([2H])[2H])CC3)C([2H])([2H])C2([2H])[2H])c1[2H]. The van der Waals surface area contributed by atoms with Crippen LogP contribution in [-0.4, -0.2) is 68.4 Å². The van der Waals surface area contributed by atoms with Crippen LogP contribution in [0.1, 0.15) is 59.6 Å². The Morgan fingerprint density at radius 1 is 1.36 bits per heavy atom. The van der Waals surface area contributed by atoms with Gasteiger partial charge in [-0.15, -0.1) is 0 Å². The van der Waals surface area contributed by atoms with Gasteiger partial charge in [-0.1, -0.05) is 23.7 Å². The van der Waals surface area contributed by atoms with Gasteiger partial charge in [0.15, 0.2) is 0 Å². The van der Waals surface area contributed by atoms with E-state index in [-0.39, 0.29) is 28.2 Å². The zero-order valence-corrected chi connectivity index (χ0v) is 16.6. The van der Waals surface area contributed by atoms with E-state index in [4.69, 9.17) is 33.5 Å². The number of amides is 2. The van der Waals surface area contributed by atoms with Gasteiger partial charge in [0.1, 0.15) is 0 Å². The van der Waals surface area contributed by atoms with Crippen LogP contribution in [0.3, 0.4) is 0 Å². The van der Waals surface area contributed by atoms with E-state index in [0.717, 1.165) is 7.05 Å². The molecule has 1 aromatic rings. The van der Waals surface area contributed by atoms with Gasteiger partial charge in [0.05, 0.1) is 20.3 Å². The van der Waals surface area contributed by atoms with E-state index in [0.29, 0.717) is 17.7 Å². The van der Waals surface area contributed by atoms with Crippen molar-refractivity contribution in [1.82, 2.24) is 15.1 Å². The average molecular weight is 423 g/mol. The third kappa shape index (κ3) is 5.54. The maximum Gasteiger partial charge on any atom is 0.317 e. The standard InChI is InChI=1S/C22H35ClN4O/c1-17-5-4-6-20(21(17)23)27-15-13-26(14-16-27)12-11-18-7-9-19(10-8-18)24-22(28)25(2)3/h4-6,18-19H,7-16H2,1-3H3,(H,24,28)/i2D3,4D,5D,6D,12D2,13D2,14D2,15D2,16D2. The molecule has 0 aromatic heterocycles. The van der Waals surface area contributed by atoms with Crippen molar-refractivity contribution < 1.29 is 26.7 Å². The maximum absolute atomic E-state index is 12.3. The van der Waals surface area contributed by atoms with Crippen molar-refractivity contribution in [3.63, 3.8) is 0 Å². The molecular formula is C22H35ClN4O. The molecule has 1 aliphatic heterocycles. The lowest BCUT2D eigenvalue weighted by atomic mass is 9.84. The number of nitrogens with zero attached hydrogens (tertiary/aromatic N) is 3. The van der Waals surface area contributed by atoms with Gasteiger partial charge in [0.2, 0.25) is 0 Å². The third-order valence-electron chi connectivity index (χ3n) is 4.76. The number of rotatable bonds is 5. The molecular weight excluding hydrogens is 372 g/mol. The lowest BCUT2D eigenvalue weighted by Crippen LogP contribution is -2.47. The van der Waals surface area contributed by atoms with Gasteiger partial charge in [-0.25, -0.2) is 4.79 Å². The molecule has 1 saturated carbocycles. The highest BCUT2D eigenvalue weighted by Crippen LogP contribution is 2.30. The Hall–Kier alpha value is -1.46. The van der Waals surface area contributed by atoms with Crippen LogP contribution in [0.4, 0.5) is 10.5 Å². The summed E-state index contributed by atoms with van der Waals surface area (Å²) >= 11 is 6.30. The quantitative estimate of drug-likeness (QED) is 0.779. The van der Waals surface area contributed by atoms with Crippen molar-refractivity contribution in [3.05, 3.63) is 28.7 Å². The van der Waals surface area contributed by atoms with E-state index in [1.807, 2.05) is 0 Å². The number of carbonyl (C=O) groups is 1. The number of carbonyl (C=O) groups excluding carboxylic acids is 1. The number of hydrogen-bond donors (Lipinski definition) is 1. The highest BCUT2D eigenvalue weighted by molar-refractivity contribution is 6.34. The number of urea groups is 1. The van der Waals surface area contributed by atoms with E-state index in [1.165, 1.54) is 6.92 Å².